The third-order valence-corrected chi connectivity index (χ3v) is 3.58. The molecule has 1 aliphatic rings. The molecule has 1 rings (SSSR count). The van der Waals surface area contributed by atoms with Gasteiger partial charge in [0.2, 0.25) is 0 Å². The summed E-state index contributed by atoms with van der Waals surface area (Å²) in [7, 11) is 0. The first kappa shape index (κ1) is 12.3. The zero-order chi connectivity index (χ0) is 10.1. The van der Waals surface area contributed by atoms with Gasteiger partial charge in [0, 0.05) is 12.4 Å². The van der Waals surface area contributed by atoms with Crippen LogP contribution in [0.4, 0.5) is 0 Å². The van der Waals surface area contributed by atoms with Crippen LogP contribution in [0.25, 0.3) is 0 Å². The van der Waals surface area contributed by atoms with Crippen LogP contribution in [0.2, 0.25) is 0 Å². The molecule has 0 aromatic heterocycles. The van der Waals surface area contributed by atoms with Crippen molar-refractivity contribution in [2.24, 2.45) is 0 Å². The number of hydrogen-bond donors (Lipinski definition) is 1. The number of ether oxygens (including phenoxy) is 1. The van der Waals surface area contributed by atoms with E-state index in [9.17, 15) is 0 Å². The highest BCUT2D eigenvalue weighted by molar-refractivity contribution is 7.99. The van der Waals surface area contributed by atoms with Crippen LogP contribution in [0.5, 0.6) is 0 Å². The minimum atomic E-state index is 0.559. The number of hydrogen-bond acceptors (Lipinski definition) is 3. The first-order valence-electron chi connectivity index (χ1n) is 5.83. The van der Waals surface area contributed by atoms with Gasteiger partial charge in [0.25, 0.3) is 0 Å². The van der Waals surface area contributed by atoms with Crippen LogP contribution in [0.3, 0.4) is 0 Å². The van der Waals surface area contributed by atoms with Gasteiger partial charge in [0.1, 0.15) is 0 Å². The molecule has 1 N–H and O–H groups in total. The van der Waals surface area contributed by atoms with E-state index in [4.69, 9.17) is 4.74 Å². The summed E-state index contributed by atoms with van der Waals surface area (Å²) in [4.78, 5) is 0. The molecule has 84 valence electrons. The number of nitrogens with one attached hydrogen (secondary N) is 1. The summed E-state index contributed by atoms with van der Waals surface area (Å²) in [5.41, 5.74) is 0. The van der Waals surface area contributed by atoms with Crippen LogP contribution in [0.15, 0.2) is 0 Å². The summed E-state index contributed by atoms with van der Waals surface area (Å²) in [5.74, 6) is 2.48. The fraction of sp³-hybridized carbons (Fsp3) is 1.00. The van der Waals surface area contributed by atoms with E-state index in [1.807, 2.05) is 11.8 Å². The maximum Gasteiger partial charge on any atom is 0.0666 e. The van der Waals surface area contributed by atoms with Crippen molar-refractivity contribution in [3.05, 3.63) is 0 Å². The minimum absolute atomic E-state index is 0.559. The zero-order valence-corrected chi connectivity index (χ0v) is 10.1. The number of thioether (sulfide) groups is 1. The lowest BCUT2D eigenvalue weighted by atomic mass is 10.3. The quantitative estimate of drug-likeness (QED) is 0.630. The molecular weight excluding hydrogens is 194 g/mol. The van der Waals surface area contributed by atoms with Crippen molar-refractivity contribution in [2.45, 2.75) is 38.7 Å². The summed E-state index contributed by atoms with van der Waals surface area (Å²) in [6.45, 7) is 5.53. The van der Waals surface area contributed by atoms with Crippen LogP contribution in [0, 0.1) is 0 Å². The van der Waals surface area contributed by atoms with Gasteiger partial charge in [-0.1, -0.05) is 6.92 Å². The molecule has 1 fully saturated rings. The van der Waals surface area contributed by atoms with E-state index in [1.54, 1.807) is 0 Å². The molecule has 0 amide bonds. The Kier molecular flexibility index (Phi) is 7.55. The smallest absolute Gasteiger partial charge is 0.0666 e. The number of rotatable bonds is 8. The molecule has 1 aliphatic heterocycles. The summed E-state index contributed by atoms with van der Waals surface area (Å²) in [6.07, 6.45) is 5.63. The van der Waals surface area contributed by atoms with Crippen molar-refractivity contribution in [3.8, 4) is 0 Å². The van der Waals surface area contributed by atoms with E-state index in [0.29, 0.717) is 6.10 Å². The van der Waals surface area contributed by atoms with E-state index < -0.39 is 0 Å². The van der Waals surface area contributed by atoms with E-state index in [1.165, 1.54) is 43.7 Å². The summed E-state index contributed by atoms with van der Waals surface area (Å²) >= 11 is 2.04. The standard InChI is InChI=1S/C11H23NOS/c1-2-6-12-7-4-9-14-10-11-5-3-8-13-11/h11-12H,2-10H2,1H3. The second-order valence-electron chi connectivity index (χ2n) is 3.81. The average Bonchev–Trinajstić information content (AvgIpc) is 2.69. The minimum Gasteiger partial charge on any atom is -0.377 e. The molecule has 0 spiro atoms. The van der Waals surface area contributed by atoms with E-state index >= 15 is 0 Å². The SMILES string of the molecule is CCCNCCCSCC1CCCO1. The van der Waals surface area contributed by atoms with Crippen molar-refractivity contribution >= 4 is 11.8 Å². The van der Waals surface area contributed by atoms with Gasteiger partial charge >= 0.3 is 0 Å². The largest absolute Gasteiger partial charge is 0.377 e. The van der Waals surface area contributed by atoms with Gasteiger partial charge in [-0.05, 0) is 44.5 Å². The maximum atomic E-state index is 5.56. The first-order valence-corrected chi connectivity index (χ1v) is 6.99. The predicted octanol–water partition coefficient (Wildman–Crippen LogP) is 2.29. The topological polar surface area (TPSA) is 21.3 Å². The molecule has 0 aliphatic carbocycles. The molecule has 0 saturated carbocycles. The fourth-order valence-corrected chi connectivity index (χ4v) is 2.63. The molecule has 14 heavy (non-hydrogen) atoms. The van der Waals surface area contributed by atoms with E-state index in [0.717, 1.165) is 13.2 Å². The monoisotopic (exact) mass is 217 g/mol. The Morgan fingerprint density at radius 1 is 1.43 bits per heavy atom. The van der Waals surface area contributed by atoms with Crippen molar-refractivity contribution in [2.75, 3.05) is 31.2 Å². The molecule has 2 nitrogen and oxygen atoms in total. The zero-order valence-electron chi connectivity index (χ0n) is 9.26. The molecule has 3 heteroatoms. The average molecular weight is 217 g/mol. The van der Waals surface area contributed by atoms with Crippen molar-refractivity contribution in [1.82, 2.24) is 5.32 Å². The Morgan fingerprint density at radius 3 is 3.07 bits per heavy atom. The second-order valence-corrected chi connectivity index (χ2v) is 4.96. The summed E-state index contributed by atoms with van der Waals surface area (Å²) in [6, 6.07) is 0. The molecule has 1 atom stereocenters. The highest BCUT2D eigenvalue weighted by Gasteiger charge is 2.14. The molecular formula is C11H23NOS. The first-order chi connectivity index (χ1) is 6.93. The van der Waals surface area contributed by atoms with Crippen LogP contribution in [-0.4, -0.2) is 37.3 Å². The fourth-order valence-electron chi connectivity index (χ4n) is 1.59. The lowest BCUT2D eigenvalue weighted by Crippen LogP contribution is -2.16. The van der Waals surface area contributed by atoms with Crippen molar-refractivity contribution in [1.29, 1.82) is 0 Å². The van der Waals surface area contributed by atoms with Gasteiger partial charge < -0.3 is 10.1 Å². The van der Waals surface area contributed by atoms with Crippen LogP contribution < -0.4 is 5.32 Å². The van der Waals surface area contributed by atoms with Gasteiger partial charge in [-0.15, -0.1) is 0 Å². The van der Waals surface area contributed by atoms with Gasteiger partial charge in [0.05, 0.1) is 6.10 Å². The molecule has 0 aromatic carbocycles. The second kappa shape index (κ2) is 8.57. The van der Waals surface area contributed by atoms with E-state index in [-0.39, 0.29) is 0 Å². The Labute approximate surface area is 92.2 Å². The molecule has 1 heterocycles. The van der Waals surface area contributed by atoms with Crippen molar-refractivity contribution in [3.63, 3.8) is 0 Å². The highest BCUT2D eigenvalue weighted by Crippen LogP contribution is 2.17. The normalized spacial score (nSPS) is 21.6. The highest BCUT2D eigenvalue weighted by atomic mass is 32.2. The maximum absolute atomic E-state index is 5.56. The summed E-state index contributed by atoms with van der Waals surface area (Å²) in [5, 5.41) is 3.42. The third kappa shape index (κ3) is 5.89. The molecule has 1 unspecified atom stereocenters. The van der Waals surface area contributed by atoms with E-state index in [2.05, 4.69) is 12.2 Å². The molecule has 1 saturated heterocycles. The predicted molar refractivity (Wildman–Crippen MR) is 64.1 cm³/mol. The van der Waals surface area contributed by atoms with Crippen molar-refractivity contribution < 1.29 is 4.74 Å². The summed E-state index contributed by atoms with van der Waals surface area (Å²) < 4.78 is 5.56. The van der Waals surface area contributed by atoms with Crippen LogP contribution >= 0.6 is 11.8 Å². The molecule has 0 aromatic rings. The van der Waals surface area contributed by atoms with Gasteiger partial charge in [-0.2, -0.15) is 11.8 Å². The lowest BCUT2D eigenvalue weighted by Gasteiger charge is -2.08. The van der Waals surface area contributed by atoms with Crippen LogP contribution in [-0.2, 0) is 4.74 Å². The third-order valence-electron chi connectivity index (χ3n) is 2.40. The van der Waals surface area contributed by atoms with Crippen LogP contribution in [0.1, 0.15) is 32.6 Å². The lowest BCUT2D eigenvalue weighted by molar-refractivity contribution is 0.129. The molecule has 0 radical (unpaired) electrons. The van der Waals surface area contributed by atoms with Gasteiger partial charge in [-0.25, -0.2) is 0 Å². The Hall–Kier alpha value is 0.270. The van der Waals surface area contributed by atoms with Gasteiger partial charge in [-0.3, -0.25) is 0 Å². The molecule has 0 bridgehead atoms. The Morgan fingerprint density at radius 2 is 2.36 bits per heavy atom. The Bertz CT molecular complexity index is 126. The Balaban J connectivity index is 1.75. The van der Waals surface area contributed by atoms with Gasteiger partial charge in [0.15, 0.2) is 0 Å².